The van der Waals surface area contributed by atoms with Crippen LogP contribution in [0.1, 0.15) is 32.4 Å². The van der Waals surface area contributed by atoms with Gasteiger partial charge in [-0.1, -0.05) is 30.3 Å². The highest BCUT2D eigenvalue weighted by Crippen LogP contribution is 2.24. The second-order valence-corrected chi connectivity index (χ2v) is 8.16. The van der Waals surface area contributed by atoms with Crippen molar-refractivity contribution in [3.63, 3.8) is 0 Å². The minimum Gasteiger partial charge on any atom is -0.494 e. The van der Waals surface area contributed by atoms with Crippen molar-refractivity contribution in [3.05, 3.63) is 60.2 Å². The number of nitrogens with zero attached hydrogens (tertiary/aromatic N) is 1. The summed E-state index contributed by atoms with van der Waals surface area (Å²) in [6.07, 6.45) is 1.09. The Morgan fingerprint density at radius 1 is 1.07 bits per heavy atom. The minimum atomic E-state index is -3.66. The Balaban J connectivity index is 2.21. The Bertz CT molecular complexity index is 851. The molecule has 146 valence electrons. The maximum absolute atomic E-state index is 12.7. The predicted octanol–water partition coefficient (Wildman–Crippen LogP) is 3.12. The van der Waals surface area contributed by atoms with Gasteiger partial charge in [-0.25, -0.2) is 8.42 Å². The van der Waals surface area contributed by atoms with Gasteiger partial charge < -0.3 is 10.1 Å². The molecule has 0 unspecified atom stereocenters. The van der Waals surface area contributed by atoms with Gasteiger partial charge >= 0.3 is 0 Å². The Morgan fingerprint density at radius 2 is 1.67 bits per heavy atom. The molecule has 0 aliphatic carbocycles. The van der Waals surface area contributed by atoms with Crippen LogP contribution in [0.4, 0.5) is 5.69 Å². The fourth-order valence-electron chi connectivity index (χ4n) is 2.82. The molecule has 2 aromatic carbocycles. The maximum atomic E-state index is 12.7. The number of rotatable bonds is 8. The van der Waals surface area contributed by atoms with Gasteiger partial charge in [0.15, 0.2) is 0 Å². The molecule has 0 radical (unpaired) electrons. The molecule has 0 heterocycles. The molecule has 0 saturated heterocycles. The lowest BCUT2D eigenvalue weighted by Gasteiger charge is -2.29. The van der Waals surface area contributed by atoms with Crippen LogP contribution in [-0.4, -0.2) is 33.2 Å². The molecular formula is C20H26N2O4S. The topological polar surface area (TPSA) is 75.7 Å². The lowest BCUT2D eigenvalue weighted by Crippen LogP contribution is -2.48. The molecule has 0 aliphatic rings. The summed E-state index contributed by atoms with van der Waals surface area (Å²) in [6, 6.07) is 15.0. The highest BCUT2D eigenvalue weighted by atomic mass is 32.2. The van der Waals surface area contributed by atoms with Crippen LogP contribution in [0.15, 0.2) is 54.6 Å². The molecule has 0 aliphatic heterocycles. The van der Waals surface area contributed by atoms with Crippen molar-refractivity contribution in [1.29, 1.82) is 0 Å². The molecule has 0 aromatic heterocycles. The van der Waals surface area contributed by atoms with E-state index in [2.05, 4.69) is 5.32 Å². The first-order chi connectivity index (χ1) is 12.7. The average Bonchev–Trinajstić information content (AvgIpc) is 2.63. The Morgan fingerprint density at radius 3 is 2.19 bits per heavy atom. The van der Waals surface area contributed by atoms with Gasteiger partial charge in [0.1, 0.15) is 11.8 Å². The van der Waals surface area contributed by atoms with Crippen molar-refractivity contribution in [1.82, 2.24) is 5.32 Å². The second-order valence-electron chi connectivity index (χ2n) is 6.30. The van der Waals surface area contributed by atoms with Crippen LogP contribution in [0, 0.1) is 0 Å². The minimum absolute atomic E-state index is 0.233. The molecule has 0 bridgehead atoms. The van der Waals surface area contributed by atoms with Crippen molar-refractivity contribution in [3.8, 4) is 5.75 Å². The van der Waals surface area contributed by atoms with E-state index in [1.165, 1.54) is 0 Å². The summed E-state index contributed by atoms with van der Waals surface area (Å²) in [6.45, 7) is 5.83. The van der Waals surface area contributed by atoms with E-state index in [0.717, 1.165) is 16.1 Å². The summed E-state index contributed by atoms with van der Waals surface area (Å²) < 4.78 is 31.2. The number of nitrogens with one attached hydrogen (secondary N) is 1. The predicted molar refractivity (Wildman–Crippen MR) is 107 cm³/mol. The first-order valence-corrected chi connectivity index (χ1v) is 10.7. The van der Waals surface area contributed by atoms with Crippen LogP contribution in [0.5, 0.6) is 5.75 Å². The van der Waals surface area contributed by atoms with Crippen molar-refractivity contribution in [2.45, 2.75) is 32.9 Å². The third-order valence-electron chi connectivity index (χ3n) is 4.15. The van der Waals surface area contributed by atoms with E-state index in [1.807, 2.05) is 44.2 Å². The van der Waals surface area contributed by atoms with Crippen LogP contribution >= 0.6 is 0 Å². The number of hydrogen-bond donors (Lipinski definition) is 1. The summed E-state index contributed by atoms with van der Waals surface area (Å²) in [4.78, 5) is 12.7. The molecule has 2 aromatic rings. The van der Waals surface area contributed by atoms with E-state index in [0.29, 0.717) is 18.0 Å². The second kappa shape index (κ2) is 8.90. The number of benzene rings is 2. The number of carbonyl (C=O) groups is 1. The fourth-order valence-corrected chi connectivity index (χ4v) is 4.00. The SMILES string of the molecule is CCOc1ccc(N([C@@H](C)C(=O)N[C@@H](C)c2ccccc2)S(C)(=O)=O)cc1. The molecule has 2 rings (SSSR count). The molecular weight excluding hydrogens is 364 g/mol. The first kappa shape index (κ1) is 20.8. The normalized spacial score (nSPS) is 13.5. The van der Waals surface area contributed by atoms with Crippen molar-refractivity contribution >= 4 is 21.6 Å². The van der Waals surface area contributed by atoms with Crippen LogP contribution in [0.2, 0.25) is 0 Å². The quantitative estimate of drug-likeness (QED) is 0.751. The highest BCUT2D eigenvalue weighted by molar-refractivity contribution is 7.92. The van der Waals surface area contributed by atoms with E-state index < -0.39 is 16.1 Å². The van der Waals surface area contributed by atoms with Gasteiger partial charge in [-0.05, 0) is 50.6 Å². The Labute approximate surface area is 161 Å². The van der Waals surface area contributed by atoms with E-state index in [4.69, 9.17) is 4.74 Å². The van der Waals surface area contributed by atoms with Crippen molar-refractivity contribution in [2.24, 2.45) is 0 Å². The number of sulfonamides is 1. The summed E-state index contributed by atoms with van der Waals surface area (Å²) >= 11 is 0. The maximum Gasteiger partial charge on any atom is 0.244 e. The smallest absolute Gasteiger partial charge is 0.244 e. The highest BCUT2D eigenvalue weighted by Gasteiger charge is 2.29. The molecule has 1 amide bonds. The van der Waals surface area contributed by atoms with Crippen LogP contribution in [0.3, 0.4) is 0 Å². The number of amides is 1. The number of anilines is 1. The first-order valence-electron chi connectivity index (χ1n) is 8.81. The molecule has 6 nitrogen and oxygen atoms in total. The average molecular weight is 391 g/mol. The van der Waals surface area contributed by atoms with Gasteiger partial charge in [-0.2, -0.15) is 0 Å². The summed E-state index contributed by atoms with van der Waals surface area (Å²) in [7, 11) is -3.66. The number of ether oxygens (including phenoxy) is 1. The lowest BCUT2D eigenvalue weighted by atomic mass is 10.1. The van der Waals surface area contributed by atoms with E-state index in [1.54, 1.807) is 31.2 Å². The lowest BCUT2D eigenvalue weighted by molar-refractivity contribution is -0.122. The van der Waals surface area contributed by atoms with Gasteiger partial charge in [0, 0.05) is 0 Å². The van der Waals surface area contributed by atoms with Crippen molar-refractivity contribution in [2.75, 3.05) is 17.2 Å². The standard InChI is InChI=1S/C20H26N2O4S/c1-5-26-19-13-11-18(12-14-19)22(27(4,24)25)16(3)20(23)21-15(2)17-9-7-6-8-10-17/h6-16H,5H2,1-4H3,(H,21,23)/t15-,16-/m0/s1. The van der Waals surface area contributed by atoms with Gasteiger partial charge in [0.25, 0.3) is 0 Å². The third kappa shape index (κ3) is 5.47. The fraction of sp³-hybridized carbons (Fsp3) is 0.350. The molecule has 0 saturated carbocycles. The van der Waals surface area contributed by atoms with E-state index >= 15 is 0 Å². The summed E-state index contributed by atoms with van der Waals surface area (Å²) in [5, 5.41) is 2.88. The molecule has 7 heteroatoms. The zero-order valence-electron chi connectivity index (χ0n) is 16.0. The molecule has 0 fully saturated rings. The monoisotopic (exact) mass is 390 g/mol. The van der Waals surface area contributed by atoms with Crippen LogP contribution in [-0.2, 0) is 14.8 Å². The van der Waals surface area contributed by atoms with E-state index in [-0.39, 0.29) is 11.9 Å². The molecule has 2 atom stereocenters. The van der Waals surface area contributed by atoms with Crippen LogP contribution in [0.25, 0.3) is 0 Å². The van der Waals surface area contributed by atoms with Gasteiger partial charge in [0.2, 0.25) is 15.9 Å². The Hall–Kier alpha value is -2.54. The third-order valence-corrected chi connectivity index (χ3v) is 5.39. The largest absolute Gasteiger partial charge is 0.494 e. The number of hydrogen-bond acceptors (Lipinski definition) is 4. The number of carbonyl (C=O) groups excluding carboxylic acids is 1. The summed E-state index contributed by atoms with van der Waals surface area (Å²) in [5.41, 5.74) is 1.36. The summed E-state index contributed by atoms with van der Waals surface area (Å²) in [5.74, 6) is 0.273. The molecule has 1 N–H and O–H groups in total. The van der Waals surface area contributed by atoms with Crippen molar-refractivity contribution < 1.29 is 17.9 Å². The van der Waals surface area contributed by atoms with E-state index in [9.17, 15) is 13.2 Å². The van der Waals surface area contributed by atoms with Crippen LogP contribution < -0.4 is 14.4 Å². The van der Waals surface area contributed by atoms with Gasteiger partial charge in [-0.15, -0.1) is 0 Å². The van der Waals surface area contributed by atoms with Gasteiger partial charge in [-0.3, -0.25) is 9.10 Å². The Kier molecular flexibility index (Phi) is 6.85. The zero-order chi connectivity index (χ0) is 20.0. The molecule has 0 spiro atoms. The zero-order valence-corrected chi connectivity index (χ0v) is 16.9. The van der Waals surface area contributed by atoms with Gasteiger partial charge in [0.05, 0.1) is 24.6 Å². The molecule has 27 heavy (non-hydrogen) atoms.